The third kappa shape index (κ3) is 4.84. The van der Waals surface area contributed by atoms with Crippen LogP contribution in [-0.2, 0) is 13.0 Å². The molecule has 3 rings (SSSR count). The van der Waals surface area contributed by atoms with E-state index < -0.39 is 0 Å². The van der Waals surface area contributed by atoms with Crippen molar-refractivity contribution in [2.75, 3.05) is 13.1 Å². The van der Waals surface area contributed by atoms with Crippen molar-refractivity contribution in [3.05, 3.63) is 57.8 Å². The van der Waals surface area contributed by atoms with Crippen LogP contribution in [0.25, 0.3) is 0 Å². The van der Waals surface area contributed by atoms with Crippen LogP contribution < -0.4 is 10.1 Å². The first-order valence-corrected chi connectivity index (χ1v) is 8.68. The first-order valence-electron chi connectivity index (χ1n) is 7.93. The molecule has 122 valence electrons. The second-order valence-electron chi connectivity index (χ2n) is 5.92. The molecule has 1 aromatic carbocycles. The van der Waals surface area contributed by atoms with Crippen molar-refractivity contribution in [2.24, 2.45) is 5.92 Å². The monoisotopic (exact) mass is 350 g/mol. The molecule has 3 nitrogen and oxygen atoms in total. The standard InChI is InChI=1S/C18H20Cl2N2O/c19-15-1-2-18(17(20)11-15)23-12-16-10-14(5-8-22-16)9-13-3-6-21-7-4-13/h1-2,5,8,10-11,13,21H,3-4,6-7,9,12H2. The maximum absolute atomic E-state index is 6.12. The van der Waals surface area contributed by atoms with E-state index in [0.717, 1.165) is 31.1 Å². The lowest BCUT2D eigenvalue weighted by Crippen LogP contribution is -2.28. The van der Waals surface area contributed by atoms with Gasteiger partial charge in [-0.1, -0.05) is 23.2 Å². The second kappa shape index (κ2) is 8.00. The Morgan fingerprint density at radius 3 is 2.74 bits per heavy atom. The topological polar surface area (TPSA) is 34.1 Å². The second-order valence-corrected chi connectivity index (χ2v) is 6.76. The Morgan fingerprint density at radius 2 is 1.96 bits per heavy atom. The predicted octanol–water partition coefficient (Wildman–Crippen LogP) is 4.51. The van der Waals surface area contributed by atoms with Gasteiger partial charge in [0.1, 0.15) is 12.4 Å². The van der Waals surface area contributed by atoms with Crippen LogP contribution in [0.1, 0.15) is 24.1 Å². The van der Waals surface area contributed by atoms with Crippen molar-refractivity contribution in [3.63, 3.8) is 0 Å². The lowest BCUT2D eigenvalue weighted by atomic mass is 9.91. The molecule has 1 aliphatic rings. The van der Waals surface area contributed by atoms with Crippen LogP contribution in [0.15, 0.2) is 36.5 Å². The fourth-order valence-electron chi connectivity index (χ4n) is 2.90. The molecule has 1 aliphatic heterocycles. The van der Waals surface area contributed by atoms with Gasteiger partial charge in [0.05, 0.1) is 10.7 Å². The largest absolute Gasteiger partial charge is 0.486 e. The summed E-state index contributed by atoms with van der Waals surface area (Å²) in [5.41, 5.74) is 2.25. The van der Waals surface area contributed by atoms with E-state index >= 15 is 0 Å². The van der Waals surface area contributed by atoms with Gasteiger partial charge in [-0.15, -0.1) is 0 Å². The van der Waals surface area contributed by atoms with E-state index in [0.29, 0.717) is 22.4 Å². The van der Waals surface area contributed by atoms with E-state index in [1.807, 2.05) is 6.20 Å². The summed E-state index contributed by atoms with van der Waals surface area (Å²) in [6, 6.07) is 9.46. The van der Waals surface area contributed by atoms with Gasteiger partial charge in [0, 0.05) is 11.2 Å². The molecule has 1 aromatic heterocycles. The first kappa shape index (κ1) is 16.6. The molecule has 2 heterocycles. The minimum atomic E-state index is 0.404. The molecule has 0 aliphatic carbocycles. The van der Waals surface area contributed by atoms with Gasteiger partial charge in [-0.25, -0.2) is 0 Å². The summed E-state index contributed by atoms with van der Waals surface area (Å²) in [4.78, 5) is 4.39. The van der Waals surface area contributed by atoms with Crippen molar-refractivity contribution in [2.45, 2.75) is 25.9 Å². The zero-order valence-electron chi connectivity index (χ0n) is 12.9. The molecule has 5 heteroatoms. The minimum Gasteiger partial charge on any atom is -0.486 e. The average molecular weight is 351 g/mol. The van der Waals surface area contributed by atoms with Gasteiger partial charge in [-0.05, 0) is 74.2 Å². The molecule has 0 spiro atoms. The molecular weight excluding hydrogens is 331 g/mol. The number of nitrogens with zero attached hydrogens (tertiary/aromatic N) is 1. The molecule has 23 heavy (non-hydrogen) atoms. The lowest BCUT2D eigenvalue weighted by Gasteiger charge is -2.22. The first-order chi connectivity index (χ1) is 11.2. The van der Waals surface area contributed by atoms with Crippen molar-refractivity contribution < 1.29 is 4.74 Å². The molecule has 1 fully saturated rings. The van der Waals surface area contributed by atoms with Crippen molar-refractivity contribution >= 4 is 23.2 Å². The van der Waals surface area contributed by atoms with Crippen molar-refractivity contribution in [1.82, 2.24) is 10.3 Å². The Labute approximate surface area is 147 Å². The molecule has 1 N–H and O–H groups in total. The van der Waals surface area contributed by atoms with Gasteiger partial charge < -0.3 is 10.1 Å². The molecule has 0 saturated carbocycles. The Kier molecular flexibility index (Phi) is 5.76. The van der Waals surface area contributed by atoms with Crippen LogP contribution in [0.4, 0.5) is 0 Å². The van der Waals surface area contributed by atoms with E-state index in [1.54, 1.807) is 18.2 Å². The third-order valence-electron chi connectivity index (χ3n) is 4.13. The van der Waals surface area contributed by atoms with E-state index in [4.69, 9.17) is 27.9 Å². The van der Waals surface area contributed by atoms with Crippen molar-refractivity contribution in [1.29, 1.82) is 0 Å². The predicted molar refractivity (Wildman–Crippen MR) is 94.3 cm³/mol. The summed E-state index contributed by atoms with van der Waals surface area (Å²) in [6.45, 7) is 2.66. The zero-order valence-corrected chi connectivity index (χ0v) is 14.4. The van der Waals surface area contributed by atoms with Crippen LogP contribution in [0.3, 0.4) is 0 Å². The van der Waals surface area contributed by atoms with Crippen molar-refractivity contribution in [3.8, 4) is 5.75 Å². The highest BCUT2D eigenvalue weighted by molar-refractivity contribution is 6.35. The maximum atomic E-state index is 6.12. The van der Waals surface area contributed by atoms with Crippen LogP contribution in [0.5, 0.6) is 5.75 Å². The van der Waals surface area contributed by atoms with Crippen LogP contribution >= 0.6 is 23.2 Å². The number of pyridine rings is 1. The number of hydrogen-bond donors (Lipinski definition) is 1. The number of aromatic nitrogens is 1. The maximum Gasteiger partial charge on any atom is 0.138 e. The minimum absolute atomic E-state index is 0.404. The summed E-state index contributed by atoms with van der Waals surface area (Å²) >= 11 is 12.0. The van der Waals surface area contributed by atoms with Crippen LogP contribution in [0, 0.1) is 5.92 Å². The third-order valence-corrected chi connectivity index (χ3v) is 4.66. The van der Waals surface area contributed by atoms with E-state index in [2.05, 4.69) is 22.4 Å². The molecule has 1 saturated heterocycles. The Bertz CT molecular complexity index is 657. The Balaban J connectivity index is 1.60. The van der Waals surface area contributed by atoms with E-state index in [9.17, 15) is 0 Å². The number of piperidine rings is 1. The Hall–Kier alpha value is -1.29. The fraction of sp³-hybridized carbons (Fsp3) is 0.389. The zero-order chi connectivity index (χ0) is 16.1. The van der Waals surface area contributed by atoms with Gasteiger partial charge in [-0.2, -0.15) is 0 Å². The molecule has 0 amide bonds. The van der Waals surface area contributed by atoms with Gasteiger partial charge in [0.15, 0.2) is 0 Å². The molecule has 2 aromatic rings. The summed E-state index contributed by atoms with van der Waals surface area (Å²) in [5, 5.41) is 4.52. The summed E-state index contributed by atoms with van der Waals surface area (Å²) < 4.78 is 5.76. The average Bonchev–Trinajstić information content (AvgIpc) is 2.55. The molecule has 0 atom stereocenters. The SMILES string of the molecule is Clc1ccc(OCc2cc(CC3CCNCC3)ccn2)c(Cl)c1. The highest BCUT2D eigenvalue weighted by Crippen LogP contribution is 2.28. The van der Waals surface area contributed by atoms with Gasteiger partial charge >= 0.3 is 0 Å². The van der Waals surface area contributed by atoms with E-state index in [1.165, 1.54) is 18.4 Å². The quantitative estimate of drug-likeness (QED) is 0.861. The molecule has 0 bridgehead atoms. The summed E-state index contributed by atoms with van der Waals surface area (Å²) in [5.74, 6) is 1.39. The molecular formula is C18H20Cl2N2O. The normalized spacial score (nSPS) is 15.6. The van der Waals surface area contributed by atoms with Gasteiger partial charge in [-0.3, -0.25) is 4.98 Å². The van der Waals surface area contributed by atoms with Gasteiger partial charge in [0.2, 0.25) is 0 Å². The number of nitrogens with one attached hydrogen (secondary N) is 1. The number of hydrogen-bond acceptors (Lipinski definition) is 3. The van der Waals surface area contributed by atoms with E-state index in [-0.39, 0.29) is 0 Å². The lowest BCUT2D eigenvalue weighted by molar-refractivity contribution is 0.301. The number of rotatable bonds is 5. The van der Waals surface area contributed by atoms with Gasteiger partial charge in [0.25, 0.3) is 0 Å². The smallest absolute Gasteiger partial charge is 0.138 e. The Morgan fingerprint density at radius 1 is 1.13 bits per heavy atom. The number of halogens is 2. The number of ether oxygens (including phenoxy) is 1. The highest BCUT2D eigenvalue weighted by atomic mass is 35.5. The summed E-state index contributed by atoms with van der Waals surface area (Å²) in [6.07, 6.45) is 5.46. The summed E-state index contributed by atoms with van der Waals surface area (Å²) in [7, 11) is 0. The number of benzene rings is 1. The van der Waals surface area contributed by atoms with Crippen LogP contribution in [-0.4, -0.2) is 18.1 Å². The molecule has 0 unspecified atom stereocenters. The molecule has 0 radical (unpaired) electrons. The van der Waals surface area contributed by atoms with Crippen LogP contribution in [0.2, 0.25) is 10.0 Å². The fourth-order valence-corrected chi connectivity index (χ4v) is 3.36. The highest BCUT2D eigenvalue weighted by Gasteiger charge is 2.14.